The fourth-order valence-electron chi connectivity index (χ4n) is 3.76. The highest BCUT2D eigenvalue weighted by Gasteiger charge is 2.32. The topological polar surface area (TPSA) is 65.1 Å². The van der Waals surface area contributed by atoms with E-state index in [0.717, 1.165) is 25.1 Å². The van der Waals surface area contributed by atoms with Crippen LogP contribution in [0, 0.1) is 5.92 Å². The molecular weight excluding hydrogens is 264 g/mol. The Morgan fingerprint density at radius 2 is 2.19 bits per heavy atom. The molecule has 1 aliphatic carbocycles. The summed E-state index contributed by atoms with van der Waals surface area (Å²) in [7, 11) is 0. The molecular formula is C16H28N4O. The Morgan fingerprint density at radius 1 is 1.38 bits per heavy atom. The van der Waals surface area contributed by atoms with E-state index in [2.05, 4.69) is 29.3 Å². The molecule has 0 bridgehead atoms. The third kappa shape index (κ3) is 3.47. The second-order valence-corrected chi connectivity index (χ2v) is 6.66. The Kier molecular flexibility index (Phi) is 4.93. The monoisotopic (exact) mass is 292 g/mol. The van der Waals surface area contributed by atoms with E-state index in [1.54, 1.807) is 0 Å². The molecule has 3 rings (SSSR count). The van der Waals surface area contributed by atoms with E-state index in [1.165, 1.54) is 32.1 Å². The van der Waals surface area contributed by atoms with Crippen LogP contribution in [0.4, 0.5) is 0 Å². The number of hydrazine groups is 1. The molecule has 3 unspecified atom stereocenters. The van der Waals surface area contributed by atoms with Gasteiger partial charge in [-0.15, -0.1) is 0 Å². The van der Waals surface area contributed by atoms with Gasteiger partial charge < -0.3 is 4.74 Å². The van der Waals surface area contributed by atoms with Gasteiger partial charge in [-0.05, 0) is 31.2 Å². The van der Waals surface area contributed by atoms with Gasteiger partial charge >= 0.3 is 0 Å². The highest BCUT2D eigenvalue weighted by Crippen LogP contribution is 2.28. The summed E-state index contributed by atoms with van der Waals surface area (Å²) < 4.78 is 8.00. The van der Waals surface area contributed by atoms with Crippen molar-refractivity contribution < 1.29 is 4.74 Å². The van der Waals surface area contributed by atoms with Crippen LogP contribution in [0.3, 0.4) is 0 Å². The highest BCUT2D eigenvalue weighted by molar-refractivity contribution is 5.04. The first-order valence-electron chi connectivity index (χ1n) is 8.39. The number of aromatic nitrogens is 2. The van der Waals surface area contributed by atoms with Crippen molar-refractivity contribution in [2.45, 2.75) is 70.1 Å². The van der Waals surface area contributed by atoms with E-state index in [0.29, 0.717) is 12.0 Å². The zero-order valence-electron chi connectivity index (χ0n) is 13.0. The van der Waals surface area contributed by atoms with Crippen LogP contribution in [0.1, 0.15) is 57.2 Å². The van der Waals surface area contributed by atoms with Crippen LogP contribution in [0.2, 0.25) is 0 Å². The lowest BCUT2D eigenvalue weighted by molar-refractivity contribution is 0.0607. The van der Waals surface area contributed by atoms with E-state index >= 15 is 0 Å². The van der Waals surface area contributed by atoms with Gasteiger partial charge in [-0.1, -0.05) is 26.2 Å². The van der Waals surface area contributed by atoms with Crippen LogP contribution < -0.4 is 11.3 Å². The summed E-state index contributed by atoms with van der Waals surface area (Å²) in [6.45, 7) is 3.09. The maximum Gasteiger partial charge on any atom is 0.0771 e. The number of nitrogens with zero attached hydrogens (tertiary/aromatic N) is 2. The van der Waals surface area contributed by atoms with Gasteiger partial charge in [0.25, 0.3) is 0 Å². The third-order valence-electron chi connectivity index (χ3n) is 5.10. The van der Waals surface area contributed by atoms with Crippen molar-refractivity contribution in [3.8, 4) is 0 Å². The summed E-state index contributed by atoms with van der Waals surface area (Å²) in [6.07, 6.45) is 10.9. The maximum absolute atomic E-state index is 5.84. The van der Waals surface area contributed by atoms with E-state index in [4.69, 9.17) is 15.7 Å². The number of hydrogen-bond donors (Lipinski definition) is 2. The molecule has 5 heteroatoms. The van der Waals surface area contributed by atoms with E-state index in [9.17, 15) is 0 Å². The lowest BCUT2D eigenvalue weighted by Gasteiger charge is -2.25. The van der Waals surface area contributed by atoms with Crippen LogP contribution in [0.5, 0.6) is 0 Å². The minimum Gasteiger partial charge on any atom is -0.376 e. The van der Waals surface area contributed by atoms with Crippen molar-refractivity contribution >= 4 is 0 Å². The van der Waals surface area contributed by atoms with Crippen LogP contribution in [-0.4, -0.2) is 28.5 Å². The first kappa shape index (κ1) is 15.0. The van der Waals surface area contributed by atoms with Crippen LogP contribution in [0.25, 0.3) is 0 Å². The zero-order chi connectivity index (χ0) is 14.7. The number of nitrogens with two attached hydrogens (primary N) is 1. The lowest BCUT2D eigenvalue weighted by Crippen LogP contribution is -2.47. The molecule has 0 aromatic carbocycles. The normalized spacial score (nSPS) is 28.9. The molecule has 1 aromatic heterocycles. The quantitative estimate of drug-likeness (QED) is 0.645. The first-order chi connectivity index (χ1) is 10.3. The molecule has 21 heavy (non-hydrogen) atoms. The number of ether oxygens (including phenoxy) is 1. The molecule has 1 saturated carbocycles. The lowest BCUT2D eigenvalue weighted by atomic mass is 9.95. The molecule has 2 aliphatic rings. The first-order valence-corrected chi connectivity index (χ1v) is 8.39. The van der Waals surface area contributed by atoms with Crippen molar-refractivity contribution in [1.82, 2.24) is 15.2 Å². The summed E-state index contributed by atoms with van der Waals surface area (Å²) in [5, 5.41) is 4.78. The van der Waals surface area contributed by atoms with E-state index < -0.39 is 0 Å². The van der Waals surface area contributed by atoms with Gasteiger partial charge in [0.1, 0.15) is 0 Å². The minimum atomic E-state index is 0.150. The second-order valence-electron chi connectivity index (χ2n) is 6.66. The summed E-state index contributed by atoms with van der Waals surface area (Å²) >= 11 is 0. The average molecular weight is 292 g/mol. The molecule has 0 spiro atoms. The largest absolute Gasteiger partial charge is 0.376 e. The summed E-state index contributed by atoms with van der Waals surface area (Å²) in [5.74, 6) is 6.31. The van der Waals surface area contributed by atoms with Gasteiger partial charge in [0, 0.05) is 19.2 Å². The zero-order valence-corrected chi connectivity index (χ0v) is 13.0. The Labute approximate surface area is 127 Å². The van der Waals surface area contributed by atoms with E-state index in [-0.39, 0.29) is 12.1 Å². The van der Waals surface area contributed by atoms with Crippen molar-refractivity contribution in [2.24, 2.45) is 11.8 Å². The summed E-state index contributed by atoms with van der Waals surface area (Å²) in [6, 6.07) is 2.88. The molecule has 1 aromatic rings. The number of rotatable bonds is 5. The fraction of sp³-hybridized carbons (Fsp3) is 0.812. The van der Waals surface area contributed by atoms with E-state index in [1.807, 2.05) is 0 Å². The van der Waals surface area contributed by atoms with Gasteiger partial charge in [0.05, 0.1) is 23.9 Å². The molecule has 2 heterocycles. The maximum atomic E-state index is 5.84. The molecule has 118 valence electrons. The predicted molar refractivity (Wildman–Crippen MR) is 82.7 cm³/mol. The molecule has 3 atom stereocenters. The fourth-order valence-corrected chi connectivity index (χ4v) is 3.76. The average Bonchev–Trinajstić information content (AvgIpc) is 3.15. The standard InChI is InChI=1S/C16H28N4O/c1-12-8-10-21-16(12)15(18-17)11-13-7-9-20(19-13)14-5-3-2-4-6-14/h7,9,12,14-16,18H,2-6,8,10-11,17H2,1H3. The molecule has 1 saturated heterocycles. The van der Waals surface area contributed by atoms with Crippen molar-refractivity contribution in [3.05, 3.63) is 18.0 Å². The van der Waals surface area contributed by atoms with Gasteiger partial charge in [0.2, 0.25) is 0 Å². The number of nitrogens with one attached hydrogen (secondary N) is 1. The Balaban J connectivity index is 1.62. The van der Waals surface area contributed by atoms with Crippen LogP contribution >= 0.6 is 0 Å². The number of hydrogen-bond acceptors (Lipinski definition) is 4. The van der Waals surface area contributed by atoms with Crippen molar-refractivity contribution in [1.29, 1.82) is 0 Å². The van der Waals surface area contributed by atoms with Crippen molar-refractivity contribution in [3.63, 3.8) is 0 Å². The molecule has 0 radical (unpaired) electrons. The Hall–Kier alpha value is -0.910. The van der Waals surface area contributed by atoms with Crippen LogP contribution in [-0.2, 0) is 11.2 Å². The van der Waals surface area contributed by atoms with Gasteiger partial charge in [-0.25, -0.2) is 0 Å². The molecule has 1 aliphatic heterocycles. The molecule has 3 N–H and O–H groups in total. The Bertz CT molecular complexity index is 441. The second kappa shape index (κ2) is 6.90. The smallest absolute Gasteiger partial charge is 0.0771 e. The van der Waals surface area contributed by atoms with Crippen molar-refractivity contribution in [2.75, 3.05) is 6.61 Å². The summed E-state index contributed by atoms with van der Waals surface area (Å²) in [4.78, 5) is 0. The SMILES string of the molecule is CC1CCOC1C(Cc1ccn(C2CCCCC2)n1)NN. The summed E-state index contributed by atoms with van der Waals surface area (Å²) in [5.41, 5.74) is 4.05. The predicted octanol–water partition coefficient (Wildman–Crippen LogP) is 2.19. The van der Waals surface area contributed by atoms with Gasteiger partial charge in [-0.2, -0.15) is 5.10 Å². The molecule has 2 fully saturated rings. The minimum absolute atomic E-state index is 0.150. The Morgan fingerprint density at radius 3 is 2.86 bits per heavy atom. The molecule has 5 nitrogen and oxygen atoms in total. The highest BCUT2D eigenvalue weighted by atomic mass is 16.5. The van der Waals surface area contributed by atoms with Gasteiger partial charge in [-0.3, -0.25) is 16.0 Å². The van der Waals surface area contributed by atoms with Crippen LogP contribution in [0.15, 0.2) is 12.3 Å². The molecule has 0 amide bonds. The van der Waals surface area contributed by atoms with Gasteiger partial charge in [0.15, 0.2) is 0 Å². The third-order valence-corrected chi connectivity index (χ3v) is 5.10.